The molecule has 5 nitrogen and oxygen atoms in total. The van der Waals surface area contributed by atoms with Crippen molar-refractivity contribution < 1.29 is 5.11 Å². The Balaban J connectivity index is 2.29. The van der Waals surface area contributed by atoms with Gasteiger partial charge in [-0.25, -0.2) is 0 Å². The minimum absolute atomic E-state index is 0.123. The summed E-state index contributed by atoms with van der Waals surface area (Å²) in [6.07, 6.45) is 0.743. The predicted molar refractivity (Wildman–Crippen MR) is 87.6 cm³/mol. The van der Waals surface area contributed by atoms with Crippen molar-refractivity contribution in [2.24, 2.45) is 7.05 Å². The predicted octanol–water partition coefficient (Wildman–Crippen LogP) is 3.17. The van der Waals surface area contributed by atoms with Crippen molar-refractivity contribution in [1.29, 1.82) is 0 Å². The standard InChI is InChI=1S/C14H21BrN4OS/c1-6-8-11(15)9(19(5)17-8)7-10(20)12-13(14(2,3)4)16-18-21-12/h10,20H,6-7H2,1-5H3. The Hall–Kier alpha value is -0.790. The molecule has 0 bridgehead atoms. The Morgan fingerprint density at radius 3 is 2.57 bits per heavy atom. The van der Waals surface area contributed by atoms with E-state index in [1.165, 1.54) is 11.5 Å². The van der Waals surface area contributed by atoms with E-state index >= 15 is 0 Å². The summed E-state index contributed by atoms with van der Waals surface area (Å²) in [5.41, 5.74) is 2.75. The summed E-state index contributed by atoms with van der Waals surface area (Å²) >= 11 is 4.86. The first kappa shape index (κ1) is 16.6. The van der Waals surface area contributed by atoms with Crippen molar-refractivity contribution in [2.45, 2.75) is 52.1 Å². The van der Waals surface area contributed by atoms with E-state index in [-0.39, 0.29) is 5.41 Å². The van der Waals surface area contributed by atoms with Crippen LogP contribution in [0.15, 0.2) is 4.47 Å². The summed E-state index contributed by atoms with van der Waals surface area (Å²) in [5, 5.41) is 19.3. The summed E-state index contributed by atoms with van der Waals surface area (Å²) in [6, 6.07) is 0. The van der Waals surface area contributed by atoms with E-state index in [0.29, 0.717) is 6.42 Å². The smallest absolute Gasteiger partial charge is 0.0972 e. The minimum atomic E-state index is -0.615. The van der Waals surface area contributed by atoms with Crippen molar-refractivity contribution in [3.05, 3.63) is 26.4 Å². The molecule has 7 heteroatoms. The molecule has 0 saturated heterocycles. The van der Waals surface area contributed by atoms with Crippen LogP contribution >= 0.6 is 27.5 Å². The van der Waals surface area contributed by atoms with E-state index in [4.69, 9.17) is 0 Å². The molecule has 0 radical (unpaired) electrons. The summed E-state index contributed by atoms with van der Waals surface area (Å²) in [7, 11) is 1.90. The Kier molecular flexibility index (Phi) is 4.85. The molecule has 2 aromatic heterocycles. The van der Waals surface area contributed by atoms with E-state index in [1.54, 1.807) is 0 Å². The normalized spacial score (nSPS) is 13.7. The maximum absolute atomic E-state index is 10.6. The van der Waals surface area contributed by atoms with Gasteiger partial charge in [-0.2, -0.15) is 5.10 Å². The molecule has 2 heterocycles. The van der Waals surface area contributed by atoms with Crippen LogP contribution in [0.5, 0.6) is 0 Å². The Bertz CT molecular complexity index is 629. The maximum atomic E-state index is 10.6. The molecular formula is C14H21BrN4OS. The van der Waals surface area contributed by atoms with Gasteiger partial charge in [-0.1, -0.05) is 32.2 Å². The minimum Gasteiger partial charge on any atom is -0.387 e. The van der Waals surface area contributed by atoms with Crippen LogP contribution in [0.4, 0.5) is 0 Å². The first-order valence-corrected chi connectivity index (χ1v) is 8.53. The van der Waals surface area contributed by atoms with Crippen LogP contribution in [0.3, 0.4) is 0 Å². The second-order valence-corrected chi connectivity index (χ2v) is 7.72. The van der Waals surface area contributed by atoms with Crippen LogP contribution in [0, 0.1) is 0 Å². The van der Waals surface area contributed by atoms with Gasteiger partial charge in [0.2, 0.25) is 0 Å². The van der Waals surface area contributed by atoms with Crippen LogP contribution in [-0.4, -0.2) is 24.5 Å². The Morgan fingerprint density at radius 2 is 2.05 bits per heavy atom. The van der Waals surface area contributed by atoms with Crippen molar-refractivity contribution in [1.82, 2.24) is 19.4 Å². The van der Waals surface area contributed by atoms with Crippen molar-refractivity contribution in [3.8, 4) is 0 Å². The highest BCUT2D eigenvalue weighted by Gasteiger charge is 2.27. The van der Waals surface area contributed by atoms with Crippen molar-refractivity contribution in [2.75, 3.05) is 0 Å². The number of aryl methyl sites for hydroxylation is 2. The molecule has 116 valence electrons. The zero-order valence-electron chi connectivity index (χ0n) is 13.0. The second-order valence-electron chi connectivity index (χ2n) is 6.14. The largest absolute Gasteiger partial charge is 0.387 e. The van der Waals surface area contributed by atoms with Gasteiger partial charge < -0.3 is 5.11 Å². The molecule has 0 aliphatic heterocycles. The summed E-state index contributed by atoms with van der Waals surface area (Å²) < 4.78 is 6.83. The fraction of sp³-hybridized carbons (Fsp3) is 0.643. The van der Waals surface area contributed by atoms with Gasteiger partial charge in [0, 0.05) is 18.9 Å². The van der Waals surface area contributed by atoms with Gasteiger partial charge in [0.15, 0.2) is 0 Å². The van der Waals surface area contributed by atoms with Crippen LogP contribution in [0.1, 0.15) is 55.8 Å². The van der Waals surface area contributed by atoms with Crippen molar-refractivity contribution in [3.63, 3.8) is 0 Å². The van der Waals surface area contributed by atoms with Crippen LogP contribution in [0.2, 0.25) is 0 Å². The third-order valence-electron chi connectivity index (χ3n) is 3.42. The highest BCUT2D eigenvalue weighted by atomic mass is 79.9. The van der Waals surface area contributed by atoms with Crippen molar-refractivity contribution >= 4 is 27.5 Å². The average Bonchev–Trinajstić information content (AvgIpc) is 2.98. The Labute approximate surface area is 137 Å². The lowest BCUT2D eigenvalue weighted by atomic mass is 9.90. The topological polar surface area (TPSA) is 63.8 Å². The number of aliphatic hydroxyl groups excluding tert-OH is 1. The zero-order valence-corrected chi connectivity index (χ0v) is 15.4. The molecule has 0 aliphatic carbocycles. The van der Waals surface area contributed by atoms with Crippen LogP contribution in [-0.2, 0) is 25.3 Å². The number of aliphatic hydroxyl groups is 1. The van der Waals surface area contributed by atoms with Gasteiger partial charge in [-0.3, -0.25) is 4.68 Å². The first-order chi connectivity index (χ1) is 9.75. The van der Waals surface area contributed by atoms with Gasteiger partial charge in [0.05, 0.1) is 32.5 Å². The fourth-order valence-electron chi connectivity index (χ4n) is 2.25. The van der Waals surface area contributed by atoms with E-state index in [2.05, 4.69) is 58.3 Å². The molecule has 0 aliphatic rings. The highest BCUT2D eigenvalue weighted by Crippen LogP contribution is 2.33. The highest BCUT2D eigenvalue weighted by molar-refractivity contribution is 9.10. The number of halogens is 1. The lowest BCUT2D eigenvalue weighted by Crippen LogP contribution is -2.17. The molecule has 1 unspecified atom stereocenters. The molecule has 0 saturated carbocycles. The van der Waals surface area contributed by atoms with E-state index in [1.807, 2.05) is 11.7 Å². The fourth-order valence-corrected chi connectivity index (χ4v) is 3.88. The number of nitrogens with zero attached hydrogens (tertiary/aromatic N) is 4. The lowest BCUT2D eigenvalue weighted by Gasteiger charge is -2.19. The van der Waals surface area contributed by atoms with Crippen LogP contribution in [0.25, 0.3) is 0 Å². The number of hydrogen-bond acceptors (Lipinski definition) is 5. The molecule has 1 N–H and O–H groups in total. The van der Waals surface area contributed by atoms with Gasteiger partial charge >= 0.3 is 0 Å². The number of rotatable bonds is 4. The van der Waals surface area contributed by atoms with Gasteiger partial charge in [0.25, 0.3) is 0 Å². The van der Waals surface area contributed by atoms with Crippen LogP contribution < -0.4 is 0 Å². The van der Waals surface area contributed by atoms with Gasteiger partial charge in [-0.15, -0.1) is 5.10 Å². The Morgan fingerprint density at radius 1 is 1.38 bits per heavy atom. The summed E-state index contributed by atoms with van der Waals surface area (Å²) in [5.74, 6) is 0. The molecule has 2 aromatic rings. The monoisotopic (exact) mass is 372 g/mol. The second kappa shape index (κ2) is 6.14. The third-order valence-corrected chi connectivity index (χ3v) is 5.16. The zero-order chi connectivity index (χ0) is 15.8. The molecule has 21 heavy (non-hydrogen) atoms. The van der Waals surface area contributed by atoms with E-state index in [0.717, 1.165) is 32.9 Å². The summed E-state index contributed by atoms with van der Waals surface area (Å²) in [6.45, 7) is 8.30. The number of hydrogen-bond donors (Lipinski definition) is 1. The molecule has 0 fully saturated rings. The molecular weight excluding hydrogens is 352 g/mol. The third kappa shape index (κ3) is 3.35. The molecule has 1 atom stereocenters. The summed E-state index contributed by atoms with van der Waals surface area (Å²) in [4.78, 5) is 0.841. The average molecular weight is 373 g/mol. The quantitative estimate of drug-likeness (QED) is 0.894. The maximum Gasteiger partial charge on any atom is 0.0972 e. The van der Waals surface area contributed by atoms with E-state index in [9.17, 15) is 5.11 Å². The molecule has 0 amide bonds. The lowest BCUT2D eigenvalue weighted by molar-refractivity contribution is 0.176. The first-order valence-electron chi connectivity index (χ1n) is 6.96. The SMILES string of the molecule is CCc1nn(C)c(CC(O)c2snnc2C(C)(C)C)c1Br. The van der Waals surface area contributed by atoms with Gasteiger partial charge in [-0.05, 0) is 33.9 Å². The number of aromatic nitrogens is 4. The molecule has 0 aromatic carbocycles. The van der Waals surface area contributed by atoms with Gasteiger partial charge in [0.1, 0.15) is 0 Å². The van der Waals surface area contributed by atoms with E-state index < -0.39 is 6.10 Å². The molecule has 0 spiro atoms. The molecule has 2 rings (SSSR count).